The molecule has 7 nitrogen and oxygen atoms in total. The Morgan fingerprint density at radius 1 is 1.34 bits per heavy atom. The minimum atomic E-state index is -1.19. The molecule has 166 valence electrons. The highest BCUT2D eigenvalue weighted by Gasteiger charge is 2.67. The highest BCUT2D eigenvalue weighted by atomic mass is 16.5. The second-order valence-corrected chi connectivity index (χ2v) is 9.18. The van der Waals surface area contributed by atoms with Crippen LogP contribution >= 0.6 is 0 Å². The van der Waals surface area contributed by atoms with Gasteiger partial charge in [0.25, 0.3) is 0 Å². The van der Waals surface area contributed by atoms with Crippen LogP contribution in [0.1, 0.15) is 49.5 Å². The number of β-lactam (4-membered cyclic amide) rings is 1. The van der Waals surface area contributed by atoms with Crippen LogP contribution in [0.2, 0.25) is 0 Å². The Morgan fingerprint density at radius 3 is 2.78 bits per heavy atom. The Bertz CT molecular complexity index is 1170. The molecule has 0 radical (unpaired) electrons. The number of allylic oxidation sites excluding steroid dienone is 4. The molecule has 2 N–H and O–H groups in total. The van der Waals surface area contributed by atoms with E-state index >= 15 is 0 Å². The van der Waals surface area contributed by atoms with Crippen molar-refractivity contribution >= 4 is 23.2 Å². The number of amides is 1. The number of Topliss-reactive ketones (excluding diaryl/α,β-unsaturated/α-hetero) is 1. The Kier molecular flexibility index (Phi) is 4.47. The zero-order valence-corrected chi connectivity index (χ0v) is 18.2. The van der Waals surface area contributed by atoms with Gasteiger partial charge in [-0.2, -0.15) is 0 Å². The molecule has 32 heavy (non-hydrogen) atoms. The molecule has 1 aromatic rings. The molecular weight excluding hydrogens is 410 g/mol. The van der Waals surface area contributed by atoms with Gasteiger partial charge in [-0.3, -0.25) is 9.59 Å². The third kappa shape index (κ3) is 2.48. The molecule has 0 spiro atoms. The average molecular weight is 435 g/mol. The maximum absolute atomic E-state index is 12.8. The number of hydrogen-bond acceptors (Lipinski definition) is 5. The fraction of sp³-hybridized carbons (Fsp3) is 0.400. The predicted octanol–water partition coefficient (Wildman–Crippen LogP) is 2.95. The van der Waals surface area contributed by atoms with Crippen LogP contribution < -0.4 is 4.74 Å². The van der Waals surface area contributed by atoms with Crippen LogP contribution in [0.3, 0.4) is 0 Å². The van der Waals surface area contributed by atoms with Gasteiger partial charge in [0.1, 0.15) is 18.1 Å². The summed E-state index contributed by atoms with van der Waals surface area (Å²) in [5.74, 6) is -1.33. The minimum absolute atomic E-state index is 0.0118. The largest absolute Gasteiger partial charge is 0.488 e. The number of ketones is 1. The number of aliphatic hydroxyl groups is 1. The lowest BCUT2D eigenvalue weighted by Gasteiger charge is -2.54. The number of aliphatic carboxylic acids is 1. The van der Waals surface area contributed by atoms with Gasteiger partial charge in [0.2, 0.25) is 5.91 Å². The van der Waals surface area contributed by atoms with E-state index in [1.165, 1.54) is 4.90 Å². The summed E-state index contributed by atoms with van der Waals surface area (Å²) in [4.78, 5) is 39.0. The van der Waals surface area contributed by atoms with Crippen LogP contribution in [0.5, 0.6) is 5.75 Å². The van der Waals surface area contributed by atoms with Crippen molar-refractivity contribution in [3.63, 3.8) is 0 Å². The number of ether oxygens (including phenoxy) is 1. The van der Waals surface area contributed by atoms with Crippen molar-refractivity contribution in [2.75, 3.05) is 6.61 Å². The molecule has 1 aromatic carbocycles. The summed E-state index contributed by atoms with van der Waals surface area (Å²) in [6.07, 6.45) is 4.56. The number of fused-ring (bicyclic) bond motifs is 3. The number of carbonyl (C=O) groups is 3. The molecule has 2 heterocycles. The first-order valence-electron chi connectivity index (χ1n) is 10.9. The van der Waals surface area contributed by atoms with E-state index in [-0.39, 0.29) is 29.9 Å². The lowest BCUT2D eigenvalue weighted by molar-refractivity contribution is -0.181. The van der Waals surface area contributed by atoms with E-state index in [0.717, 1.165) is 24.0 Å². The molecule has 5 rings (SSSR count). The highest BCUT2D eigenvalue weighted by Crippen LogP contribution is 2.54. The first kappa shape index (κ1) is 20.7. The van der Waals surface area contributed by atoms with E-state index in [4.69, 9.17) is 4.74 Å². The molecule has 2 aliphatic heterocycles. The van der Waals surface area contributed by atoms with Gasteiger partial charge in [-0.25, -0.2) is 4.79 Å². The van der Waals surface area contributed by atoms with E-state index in [1.807, 2.05) is 19.1 Å². The Balaban J connectivity index is 1.49. The zero-order chi connectivity index (χ0) is 22.9. The number of nitrogens with zero attached hydrogens (tertiary/aromatic N) is 1. The molecule has 1 fully saturated rings. The third-order valence-corrected chi connectivity index (χ3v) is 7.58. The minimum Gasteiger partial charge on any atom is -0.488 e. The summed E-state index contributed by atoms with van der Waals surface area (Å²) in [6, 6.07) is 4.91. The number of carbonyl (C=O) groups excluding carboxylic acids is 2. The smallest absolute Gasteiger partial charge is 0.352 e. The molecule has 2 aliphatic carbocycles. The van der Waals surface area contributed by atoms with Crippen molar-refractivity contribution in [3.05, 3.63) is 58.3 Å². The standard InChI is InChI=1S/C25H25NO6/c1-12-17(20(23(29)30)26-22(12)25(3,13(2)27)24(26)31)11-32-18-10-6-9-16-19(18)14-7-4-5-8-15(14)21(16)28/h5-6,8-10,12-13,22,27H,4,7,11H2,1-3H3,(H,29,30)/t12-,13+,22?,25+/m0/s1. The van der Waals surface area contributed by atoms with Gasteiger partial charge in [-0.05, 0) is 38.3 Å². The molecule has 1 unspecified atom stereocenters. The first-order valence-corrected chi connectivity index (χ1v) is 10.9. The quantitative estimate of drug-likeness (QED) is 0.689. The van der Waals surface area contributed by atoms with Crippen LogP contribution in [0.4, 0.5) is 0 Å². The summed E-state index contributed by atoms with van der Waals surface area (Å²) in [6.45, 7) is 5.10. The first-order chi connectivity index (χ1) is 15.2. The van der Waals surface area contributed by atoms with Crippen LogP contribution in [-0.2, 0) is 9.59 Å². The second-order valence-electron chi connectivity index (χ2n) is 9.18. The van der Waals surface area contributed by atoms with Gasteiger partial charge in [0.05, 0.1) is 17.6 Å². The Labute approximate surface area is 185 Å². The van der Waals surface area contributed by atoms with Gasteiger partial charge >= 0.3 is 5.97 Å². The van der Waals surface area contributed by atoms with Gasteiger partial charge in [0, 0.05) is 28.2 Å². The van der Waals surface area contributed by atoms with E-state index in [2.05, 4.69) is 0 Å². The molecule has 4 aliphatic rings. The molecule has 4 atom stereocenters. The van der Waals surface area contributed by atoms with Crippen molar-refractivity contribution in [2.45, 2.75) is 45.8 Å². The third-order valence-electron chi connectivity index (χ3n) is 7.58. The van der Waals surface area contributed by atoms with Gasteiger partial charge < -0.3 is 19.8 Å². The average Bonchev–Trinajstić information content (AvgIpc) is 3.22. The number of aliphatic hydroxyl groups excluding tert-OH is 1. The maximum atomic E-state index is 12.8. The number of rotatable bonds is 5. The van der Waals surface area contributed by atoms with E-state index in [1.54, 1.807) is 32.0 Å². The molecule has 0 aromatic heterocycles. The van der Waals surface area contributed by atoms with Crippen molar-refractivity contribution in [2.24, 2.45) is 11.3 Å². The van der Waals surface area contributed by atoms with Crippen molar-refractivity contribution in [1.29, 1.82) is 0 Å². The van der Waals surface area contributed by atoms with Crippen LogP contribution in [-0.4, -0.2) is 51.5 Å². The van der Waals surface area contributed by atoms with Crippen molar-refractivity contribution in [3.8, 4) is 5.75 Å². The molecule has 0 saturated carbocycles. The molecule has 1 saturated heterocycles. The van der Waals surface area contributed by atoms with E-state index in [0.29, 0.717) is 22.5 Å². The normalized spacial score (nSPS) is 29.1. The number of carboxylic acids is 1. The van der Waals surface area contributed by atoms with Crippen LogP contribution in [0.15, 0.2) is 47.2 Å². The summed E-state index contributed by atoms with van der Waals surface area (Å²) in [7, 11) is 0. The van der Waals surface area contributed by atoms with Crippen molar-refractivity contribution < 1.29 is 29.3 Å². The Morgan fingerprint density at radius 2 is 2.09 bits per heavy atom. The number of carboxylic acid groups (broad SMARTS) is 1. The molecular formula is C25H25NO6. The van der Waals surface area contributed by atoms with Crippen LogP contribution in [0, 0.1) is 11.3 Å². The van der Waals surface area contributed by atoms with Gasteiger partial charge in [-0.1, -0.05) is 31.2 Å². The van der Waals surface area contributed by atoms with E-state index < -0.39 is 23.5 Å². The summed E-state index contributed by atoms with van der Waals surface area (Å²) < 4.78 is 6.14. The Hall–Kier alpha value is -3.19. The van der Waals surface area contributed by atoms with Gasteiger partial charge in [0.15, 0.2) is 5.78 Å². The lowest BCUT2D eigenvalue weighted by atomic mass is 9.65. The second kappa shape index (κ2) is 6.90. The van der Waals surface area contributed by atoms with Gasteiger partial charge in [-0.15, -0.1) is 0 Å². The SMILES string of the molecule is C[C@H]1C(COc2cccc3c2C2=C(C=CCC2)C3=O)=C(C(=O)O)N2C(=O)[C@](C)([C@@H](C)O)C12. The fourth-order valence-electron chi connectivity index (χ4n) is 5.71. The summed E-state index contributed by atoms with van der Waals surface area (Å²) >= 11 is 0. The highest BCUT2D eigenvalue weighted by molar-refractivity contribution is 6.23. The van der Waals surface area contributed by atoms with Crippen molar-refractivity contribution in [1.82, 2.24) is 4.90 Å². The fourth-order valence-corrected chi connectivity index (χ4v) is 5.71. The molecule has 7 heteroatoms. The monoisotopic (exact) mass is 435 g/mol. The lowest BCUT2D eigenvalue weighted by Crippen LogP contribution is -2.70. The molecule has 0 bridgehead atoms. The number of benzene rings is 1. The maximum Gasteiger partial charge on any atom is 0.352 e. The molecule has 1 amide bonds. The zero-order valence-electron chi connectivity index (χ0n) is 18.2. The van der Waals surface area contributed by atoms with Crippen LogP contribution in [0.25, 0.3) is 5.57 Å². The predicted molar refractivity (Wildman–Crippen MR) is 116 cm³/mol. The summed E-state index contributed by atoms with van der Waals surface area (Å²) in [5.41, 5.74) is 2.48. The summed E-state index contributed by atoms with van der Waals surface area (Å²) in [5, 5.41) is 20.1. The number of hydrogen-bond donors (Lipinski definition) is 2. The topological polar surface area (TPSA) is 104 Å². The van der Waals surface area contributed by atoms with E-state index in [9.17, 15) is 24.6 Å².